The van der Waals surface area contributed by atoms with Crippen LogP contribution in [0.1, 0.15) is 53.9 Å². The van der Waals surface area contributed by atoms with Crippen LogP contribution in [0.3, 0.4) is 0 Å². The Morgan fingerprint density at radius 1 is 1.55 bits per heavy atom. The first-order valence-corrected chi connectivity index (χ1v) is 7.93. The normalized spacial score (nSPS) is 18.1. The highest BCUT2D eigenvalue weighted by molar-refractivity contribution is 7.11. The van der Waals surface area contributed by atoms with Crippen LogP contribution >= 0.6 is 11.3 Å². The number of thiazole rings is 1. The predicted octanol–water partition coefficient (Wildman–Crippen LogP) is 3.22. The van der Waals surface area contributed by atoms with Crippen molar-refractivity contribution in [3.63, 3.8) is 0 Å². The van der Waals surface area contributed by atoms with E-state index < -0.39 is 6.10 Å². The lowest BCUT2D eigenvalue weighted by Gasteiger charge is -2.16. The molecular weight excluding hydrogens is 272 g/mol. The summed E-state index contributed by atoms with van der Waals surface area (Å²) in [6.07, 6.45) is 6.25. The van der Waals surface area contributed by atoms with Crippen molar-refractivity contribution in [2.75, 3.05) is 0 Å². The van der Waals surface area contributed by atoms with Crippen molar-refractivity contribution in [2.45, 2.75) is 50.8 Å². The van der Waals surface area contributed by atoms with Gasteiger partial charge in [-0.25, -0.2) is 4.98 Å². The number of furan rings is 1. The topological polar surface area (TPSA) is 58.3 Å². The van der Waals surface area contributed by atoms with E-state index in [0.29, 0.717) is 12.2 Å². The summed E-state index contributed by atoms with van der Waals surface area (Å²) in [6.45, 7) is 2.89. The van der Waals surface area contributed by atoms with E-state index in [9.17, 15) is 5.11 Å². The van der Waals surface area contributed by atoms with E-state index in [-0.39, 0.29) is 6.04 Å². The molecule has 4 nitrogen and oxygen atoms in total. The molecule has 0 saturated heterocycles. The first-order chi connectivity index (χ1) is 9.72. The number of aliphatic hydroxyl groups excluding tert-OH is 1. The zero-order chi connectivity index (χ0) is 13.9. The monoisotopic (exact) mass is 292 g/mol. The van der Waals surface area contributed by atoms with Crippen molar-refractivity contribution < 1.29 is 9.52 Å². The summed E-state index contributed by atoms with van der Waals surface area (Å²) in [5.41, 5.74) is 0. The van der Waals surface area contributed by atoms with Crippen LogP contribution in [0.4, 0.5) is 0 Å². The zero-order valence-electron chi connectivity index (χ0n) is 11.6. The van der Waals surface area contributed by atoms with Crippen LogP contribution in [-0.4, -0.2) is 16.1 Å². The third-order valence-electron chi connectivity index (χ3n) is 3.57. The van der Waals surface area contributed by atoms with Crippen LogP contribution in [0.25, 0.3) is 0 Å². The van der Waals surface area contributed by atoms with Gasteiger partial charge in [-0.3, -0.25) is 0 Å². The molecule has 0 bridgehead atoms. The molecule has 20 heavy (non-hydrogen) atoms. The Morgan fingerprint density at radius 2 is 2.40 bits per heavy atom. The Labute approximate surface area is 122 Å². The minimum atomic E-state index is -0.545. The molecule has 2 heterocycles. The molecule has 0 aromatic carbocycles. The molecule has 1 saturated carbocycles. The molecule has 0 radical (unpaired) electrons. The third kappa shape index (κ3) is 3.48. The van der Waals surface area contributed by atoms with Crippen molar-refractivity contribution in [3.8, 4) is 0 Å². The number of nitrogens with zero attached hydrogens (tertiary/aromatic N) is 1. The standard InChI is InChI=1S/C15H20N2O2S/c1-10(7-13(18)14-3-2-6-19-14)16-8-12-9-17-15(20-12)11-4-5-11/h2-3,6,9-11,13,16,18H,4-5,7-8H2,1H3. The van der Waals surface area contributed by atoms with Crippen LogP contribution in [0.15, 0.2) is 29.0 Å². The average molecular weight is 292 g/mol. The highest BCUT2D eigenvalue weighted by Gasteiger charge is 2.26. The Balaban J connectivity index is 1.45. The van der Waals surface area contributed by atoms with E-state index in [1.807, 2.05) is 23.6 Å². The maximum absolute atomic E-state index is 10.0. The molecule has 2 aromatic heterocycles. The fourth-order valence-corrected chi connectivity index (χ4v) is 3.25. The minimum Gasteiger partial charge on any atom is -0.467 e. The molecule has 3 rings (SSSR count). The van der Waals surface area contributed by atoms with Crippen molar-refractivity contribution in [1.82, 2.24) is 10.3 Å². The van der Waals surface area contributed by atoms with Crippen LogP contribution in [0, 0.1) is 0 Å². The maximum Gasteiger partial charge on any atom is 0.132 e. The van der Waals surface area contributed by atoms with Crippen LogP contribution in [0.2, 0.25) is 0 Å². The number of aliphatic hydroxyl groups is 1. The van der Waals surface area contributed by atoms with Gasteiger partial charge in [0.05, 0.1) is 11.3 Å². The van der Waals surface area contributed by atoms with Gasteiger partial charge in [-0.1, -0.05) is 0 Å². The second-order valence-corrected chi connectivity index (χ2v) is 6.63. The summed E-state index contributed by atoms with van der Waals surface area (Å²) in [5.74, 6) is 1.36. The van der Waals surface area contributed by atoms with Crippen molar-refractivity contribution >= 4 is 11.3 Å². The molecule has 1 fully saturated rings. The molecule has 0 spiro atoms. The lowest BCUT2D eigenvalue weighted by atomic mass is 10.1. The highest BCUT2D eigenvalue weighted by Crippen LogP contribution is 2.41. The fraction of sp³-hybridized carbons (Fsp3) is 0.533. The second kappa shape index (κ2) is 6.08. The van der Waals surface area contributed by atoms with Gasteiger partial charge in [-0.15, -0.1) is 11.3 Å². The maximum atomic E-state index is 10.0. The zero-order valence-corrected chi connectivity index (χ0v) is 12.4. The van der Waals surface area contributed by atoms with Crippen molar-refractivity contribution in [2.24, 2.45) is 0 Å². The van der Waals surface area contributed by atoms with Gasteiger partial charge in [0.2, 0.25) is 0 Å². The van der Waals surface area contributed by atoms with Gasteiger partial charge >= 0.3 is 0 Å². The molecule has 5 heteroatoms. The van der Waals surface area contributed by atoms with Gasteiger partial charge < -0.3 is 14.8 Å². The Bertz CT molecular complexity index is 534. The van der Waals surface area contributed by atoms with Gasteiger partial charge in [-0.05, 0) is 38.3 Å². The minimum absolute atomic E-state index is 0.224. The van der Waals surface area contributed by atoms with E-state index in [2.05, 4.69) is 17.2 Å². The van der Waals surface area contributed by atoms with Crippen LogP contribution in [-0.2, 0) is 6.54 Å². The molecule has 0 aliphatic heterocycles. The SMILES string of the molecule is CC(CC(O)c1ccco1)NCc1cnc(C2CC2)s1. The molecular formula is C15H20N2O2S. The first kappa shape index (κ1) is 13.8. The van der Waals surface area contributed by atoms with Gasteiger partial charge in [0.15, 0.2) is 0 Å². The molecule has 2 aromatic rings. The van der Waals surface area contributed by atoms with E-state index >= 15 is 0 Å². The van der Waals surface area contributed by atoms with Crippen molar-refractivity contribution in [1.29, 1.82) is 0 Å². The number of hydrogen-bond donors (Lipinski definition) is 2. The number of hydrogen-bond acceptors (Lipinski definition) is 5. The average Bonchev–Trinajstić information content (AvgIpc) is 2.95. The van der Waals surface area contributed by atoms with Crippen molar-refractivity contribution in [3.05, 3.63) is 40.2 Å². The summed E-state index contributed by atoms with van der Waals surface area (Å²) >= 11 is 1.81. The molecule has 108 valence electrons. The molecule has 2 unspecified atom stereocenters. The lowest BCUT2D eigenvalue weighted by Crippen LogP contribution is -2.27. The summed E-state index contributed by atoms with van der Waals surface area (Å²) in [4.78, 5) is 5.74. The van der Waals surface area contributed by atoms with E-state index in [4.69, 9.17) is 4.42 Å². The van der Waals surface area contributed by atoms with Crippen LogP contribution in [0.5, 0.6) is 0 Å². The quantitative estimate of drug-likeness (QED) is 0.822. The fourth-order valence-electron chi connectivity index (χ4n) is 2.21. The molecule has 1 aliphatic carbocycles. The molecule has 1 aliphatic rings. The lowest BCUT2D eigenvalue weighted by molar-refractivity contribution is 0.128. The predicted molar refractivity (Wildman–Crippen MR) is 78.7 cm³/mol. The van der Waals surface area contributed by atoms with Gasteiger partial charge in [0.1, 0.15) is 11.9 Å². The first-order valence-electron chi connectivity index (χ1n) is 7.12. The largest absolute Gasteiger partial charge is 0.467 e. The Morgan fingerprint density at radius 3 is 3.10 bits per heavy atom. The van der Waals surface area contributed by atoms with E-state index in [0.717, 1.165) is 12.5 Å². The molecule has 2 N–H and O–H groups in total. The summed E-state index contributed by atoms with van der Waals surface area (Å²) < 4.78 is 5.21. The summed E-state index contributed by atoms with van der Waals surface area (Å²) in [7, 11) is 0. The molecule has 0 amide bonds. The summed E-state index contributed by atoms with van der Waals surface area (Å²) in [6, 6.07) is 3.83. The number of rotatable bonds is 7. The highest BCUT2D eigenvalue weighted by atomic mass is 32.1. The van der Waals surface area contributed by atoms with Gasteiger partial charge in [0.25, 0.3) is 0 Å². The van der Waals surface area contributed by atoms with Gasteiger partial charge in [0, 0.05) is 29.6 Å². The van der Waals surface area contributed by atoms with Crippen LogP contribution < -0.4 is 5.32 Å². The van der Waals surface area contributed by atoms with E-state index in [1.54, 1.807) is 12.3 Å². The smallest absolute Gasteiger partial charge is 0.132 e. The Kier molecular flexibility index (Phi) is 4.19. The molecule has 2 atom stereocenters. The number of aromatic nitrogens is 1. The van der Waals surface area contributed by atoms with Gasteiger partial charge in [-0.2, -0.15) is 0 Å². The number of nitrogens with one attached hydrogen (secondary N) is 1. The third-order valence-corrected chi connectivity index (χ3v) is 4.73. The van der Waals surface area contributed by atoms with E-state index in [1.165, 1.54) is 22.7 Å². The summed E-state index contributed by atoms with van der Waals surface area (Å²) in [5, 5.41) is 14.7. The Hall–Kier alpha value is -1.17. The second-order valence-electron chi connectivity index (χ2n) is 5.49.